The molecule has 2 unspecified atom stereocenters. The summed E-state index contributed by atoms with van der Waals surface area (Å²) >= 11 is 0. The summed E-state index contributed by atoms with van der Waals surface area (Å²) in [5.74, 6) is -1.46. The molecule has 1 N–H and O–H groups in total. The Morgan fingerprint density at radius 2 is 1.82 bits per heavy atom. The van der Waals surface area contributed by atoms with E-state index in [1.165, 1.54) is 11.6 Å². The van der Waals surface area contributed by atoms with E-state index < -0.39 is 11.7 Å². The van der Waals surface area contributed by atoms with Gasteiger partial charge in [-0.3, -0.25) is 9.59 Å². The first-order valence-corrected chi connectivity index (χ1v) is 10.0. The Labute approximate surface area is 164 Å². The average Bonchev–Trinajstić information content (AvgIpc) is 3.14. The zero-order valence-corrected chi connectivity index (χ0v) is 16.1. The van der Waals surface area contributed by atoms with Crippen molar-refractivity contribution in [1.29, 1.82) is 0 Å². The smallest absolute Gasteiger partial charge is 0.230 e. The van der Waals surface area contributed by atoms with Crippen molar-refractivity contribution >= 4 is 23.2 Å². The van der Waals surface area contributed by atoms with Gasteiger partial charge in [0, 0.05) is 18.2 Å². The zero-order chi connectivity index (χ0) is 19.7. The van der Waals surface area contributed by atoms with Gasteiger partial charge in [-0.2, -0.15) is 0 Å². The van der Waals surface area contributed by atoms with Crippen LogP contribution in [0, 0.1) is 24.6 Å². The molecule has 2 aliphatic rings. The summed E-state index contributed by atoms with van der Waals surface area (Å²) in [4.78, 5) is 28.1. The van der Waals surface area contributed by atoms with E-state index in [2.05, 4.69) is 5.32 Å². The van der Waals surface area contributed by atoms with Crippen molar-refractivity contribution in [3.8, 4) is 0 Å². The van der Waals surface area contributed by atoms with E-state index in [1.54, 1.807) is 12.1 Å². The first kappa shape index (κ1) is 18.7. The lowest BCUT2D eigenvalue weighted by atomic mass is 9.77. The Bertz CT molecular complexity index is 911. The number of amides is 2. The van der Waals surface area contributed by atoms with Crippen LogP contribution in [0.2, 0.25) is 0 Å². The van der Waals surface area contributed by atoms with Gasteiger partial charge in [-0.1, -0.05) is 37.1 Å². The second-order valence-corrected chi connectivity index (χ2v) is 7.84. The molecule has 2 amide bonds. The number of hydrogen-bond acceptors (Lipinski definition) is 2. The number of aryl methyl sites for hydroxylation is 1. The second-order valence-electron chi connectivity index (χ2n) is 7.84. The molecule has 4 rings (SSSR count). The predicted octanol–water partition coefficient (Wildman–Crippen LogP) is 4.47. The number of anilines is 2. The summed E-state index contributed by atoms with van der Waals surface area (Å²) in [6, 6.07) is 12.6. The van der Waals surface area contributed by atoms with E-state index >= 15 is 0 Å². The normalized spacial score (nSPS) is 21.3. The van der Waals surface area contributed by atoms with Crippen LogP contribution in [-0.4, -0.2) is 18.4 Å². The molecule has 1 fully saturated rings. The molecule has 2 atom stereocenters. The van der Waals surface area contributed by atoms with Crippen molar-refractivity contribution in [2.24, 2.45) is 11.8 Å². The van der Waals surface area contributed by atoms with Gasteiger partial charge in [0.1, 0.15) is 5.82 Å². The number of nitrogens with zero attached hydrogens (tertiary/aromatic N) is 1. The number of carbonyl (C=O) groups excluding carboxylic acids is 2. The quantitative estimate of drug-likeness (QED) is 0.854. The predicted molar refractivity (Wildman–Crippen MR) is 108 cm³/mol. The van der Waals surface area contributed by atoms with E-state index in [0.717, 1.165) is 30.5 Å². The summed E-state index contributed by atoms with van der Waals surface area (Å²) in [6.07, 6.45) is 4.06. The lowest BCUT2D eigenvalue weighted by Gasteiger charge is -2.32. The number of carbonyl (C=O) groups is 2. The Kier molecular flexibility index (Phi) is 5.16. The maximum atomic E-state index is 14.1. The largest absolute Gasteiger partial charge is 0.323 e. The van der Waals surface area contributed by atoms with E-state index in [9.17, 15) is 14.0 Å². The maximum Gasteiger partial charge on any atom is 0.230 e. The summed E-state index contributed by atoms with van der Waals surface area (Å²) in [5, 5.41) is 2.73. The third-order valence-electron chi connectivity index (χ3n) is 5.95. The summed E-state index contributed by atoms with van der Waals surface area (Å²) < 4.78 is 14.1. The summed E-state index contributed by atoms with van der Waals surface area (Å²) in [6.45, 7) is 2.52. The molecule has 2 aromatic rings. The van der Waals surface area contributed by atoms with E-state index in [0.29, 0.717) is 19.4 Å². The Morgan fingerprint density at radius 3 is 2.64 bits per heavy atom. The van der Waals surface area contributed by atoms with Gasteiger partial charge in [0.25, 0.3) is 0 Å². The number of rotatable bonds is 3. The van der Waals surface area contributed by atoms with Crippen LogP contribution in [0.25, 0.3) is 0 Å². The molecular weight excluding hydrogens is 355 g/mol. The molecule has 0 radical (unpaired) electrons. The van der Waals surface area contributed by atoms with Crippen LogP contribution in [0.15, 0.2) is 42.5 Å². The number of para-hydroxylation sites is 1. The average molecular weight is 380 g/mol. The third-order valence-corrected chi connectivity index (χ3v) is 5.95. The molecule has 1 aliphatic heterocycles. The maximum absolute atomic E-state index is 14.1. The SMILES string of the molecule is Cc1ccc(F)c(NC(=O)C2CCCCC2C(=O)N2CCc3ccccc32)c1. The molecule has 1 saturated carbocycles. The summed E-state index contributed by atoms with van der Waals surface area (Å²) in [7, 11) is 0. The van der Waals surface area contributed by atoms with Crippen LogP contribution in [0.5, 0.6) is 0 Å². The minimum atomic E-state index is -0.453. The highest BCUT2D eigenvalue weighted by Gasteiger charge is 2.39. The first-order valence-electron chi connectivity index (χ1n) is 10.0. The fourth-order valence-electron chi connectivity index (χ4n) is 4.47. The highest BCUT2D eigenvalue weighted by Crippen LogP contribution is 2.36. The van der Waals surface area contributed by atoms with Crippen molar-refractivity contribution in [1.82, 2.24) is 0 Å². The fraction of sp³-hybridized carbons (Fsp3) is 0.391. The van der Waals surface area contributed by atoms with Crippen molar-refractivity contribution in [2.45, 2.75) is 39.0 Å². The molecule has 0 spiro atoms. The van der Waals surface area contributed by atoms with E-state index in [-0.39, 0.29) is 23.4 Å². The molecule has 146 valence electrons. The van der Waals surface area contributed by atoms with Gasteiger partial charge in [0.2, 0.25) is 11.8 Å². The van der Waals surface area contributed by atoms with Gasteiger partial charge >= 0.3 is 0 Å². The van der Waals surface area contributed by atoms with Crippen molar-refractivity contribution in [2.75, 3.05) is 16.8 Å². The monoisotopic (exact) mass is 380 g/mol. The molecular formula is C23H25FN2O2. The topological polar surface area (TPSA) is 49.4 Å². The van der Waals surface area contributed by atoms with Crippen molar-refractivity contribution < 1.29 is 14.0 Å². The van der Waals surface area contributed by atoms with Crippen LogP contribution < -0.4 is 10.2 Å². The molecule has 1 heterocycles. The van der Waals surface area contributed by atoms with Crippen molar-refractivity contribution in [3.05, 3.63) is 59.4 Å². The minimum absolute atomic E-state index is 0.0227. The van der Waals surface area contributed by atoms with E-state index in [1.807, 2.05) is 36.1 Å². The molecule has 0 saturated heterocycles. The fourth-order valence-corrected chi connectivity index (χ4v) is 4.47. The molecule has 2 aromatic carbocycles. The third kappa shape index (κ3) is 3.53. The number of benzene rings is 2. The minimum Gasteiger partial charge on any atom is -0.323 e. The summed E-state index contributed by atoms with van der Waals surface area (Å²) in [5.41, 5.74) is 3.20. The van der Waals surface area contributed by atoms with Gasteiger partial charge in [0.15, 0.2) is 0 Å². The number of fused-ring (bicyclic) bond motifs is 1. The number of halogens is 1. The number of hydrogen-bond donors (Lipinski definition) is 1. The molecule has 5 heteroatoms. The standard InChI is InChI=1S/C23H25FN2O2/c1-15-10-11-19(24)20(14-15)25-22(27)17-7-3-4-8-18(17)23(28)26-13-12-16-6-2-5-9-21(16)26/h2,5-6,9-11,14,17-18H,3-4,7-8,12-13H2,1H3,(H,25,27). The van der Waals surface area contributed by atoms with Gasteiger partial charge in [0.05, 0.1) is 11.6 Å². The molecule has 1 aliphatic carbocycles. The van der Waals surface area contributed by atoms with Gasteiger partial charge in [-0.25, -0.2) is 4.39 Å². The number of nitrogens with one attached hydrogen (secondary N) is 1. The van der Waals surface area contributed by atoms with Gasteiger partial charge in [-0.05, 0) is 55.5 Å². The van der Waals surface area contributed by atoms with Crippen LogP contribution >= 0.6 is 0 Å². The second kappa shape index (κ2) is 7.74. The Morgan fingerprint density at radius 1 is 1.07 bits per heavy atom. The van der Waals surface area contributed by atoms with Crippen LogP contribution in [0.3, 0.4) is 0 Å². The molecule has 0 bridgehead atoms. The molecule has 28 heavy (non-hydrogen) atoms. The van der Waals surface area contributed by atoms with Gasteiger partial charge < -0.3 is 10.2 Å². The van der Waals surface area contributed by atoms with Crippen molar-refractivity contribution in [3.63, 3.8) is 0 Å². The lowest BCUT2D eigenvalue weighted by molar-refractivity contribution is -0.132. The highest BCUT2D eigenvalue weighted by molar-refractivity contribution is 6.02. The van der Waals surface area contributed by atoms with Crippen LogP contribution in [0.1, 0.15) is 36.8 Å². The highest BCUT2D eigenvalue weighted by atomic mass is 19.1. The lowest BCUT2D eigenvalue weighted by Crippen LogP contribution is -2.43. The Balaban J connectivity index is 1.54. The molecule has 4 nitrogen and oxygen atoms in total. The zero-order valence-electron chi connectivity index (χ0n) is 16.1. The van der Waals surface area contributed by atoms with Crippen LogP contribution in [-0.2, 0) is 16.0 Å². The van der Waals surface area contributed by atoms with E-state index in [4.69, 9.17) is 0 Å². The van der Waals surface area contributed by atoms with Gasteiger partial charge in [-0.15, -0.1) is 0 Å². The Hall–Kier alpha value is -2.69. The van der Waals surface area contributed by atoms with Crippen LogP contribution in [0.4, 0.5) is 15.8 Å². The molecule has 0 aromatic heterocycles. The first-order chi connectivity index (χ1) is 13.5.